The number of aromatic nitrogens is 1. The number of likely N-dealkylation sites (tertiary alicyclic amines) is 3. The Labute approximate surface area is 740 Å². The number of ether oxygens (including phenoxy) is 8. The molecule has 29 heteroatoms. The predicted octanol–water partition coefficient (Wildman–Crippen LogP) is 17.1. The number of hydrogen-bond acceptors (Lipinski definition) is 22. The lowest BCUT2D eigenvalue weighted by Crippen LogP contribution is -2.60. The Kier molecular flexibility index (Phi) is 39.0. The highest BCUT2D eigenvalue weighted by molar-refractivity contribution is 9.09. The van der Waals surface area contributed by atoms with E-state index in [1.54, 1.807) is 31.5 Å². The van der Waals surface area contributed by atoms with Crippen LogP contribution >= 0.6 is 40.7 Å². The quantitative estimate of drug-likeness (QED) is 0.0343. The van der Waals surface area contributed by atoms with Gasteiger partial charge in [0.15, 0.2) is 5.58 Å². The van der Waals surface area contributed by atoms with Crippen molar-refractivity contribution in [3.8, 4) is 80.0 Å². The summed E-state index contributed by atoms with van der Waals surface area (Å²) in [7, 11) is 3.07. The van der Waals surface area contributed by atoms with E-state index >= 15 is 0 Å². The molecule has 0 radical (unpaired) electrons. The third-order valence-electron chi connectivity index (χ3n) is 19.8. The number of nitrogens with one attached hydrogen (secondary N) is 4. The predicted molar refractivity (Wildman–Crippen MR) is 486 cm³/mol. The second-order valence-electron chi connectivity index (χ2n) is 34.8. The maximum absolute atomic E-state index is 13.0. The SMILES string of the molecule is CC(C)(C)OC(=O)NC1CNC1.CC(C)CBr.CC(C)CN1CC(N)C1.CC(C)CN1CC(NC(=O)OC(C)(C)C)C1.COc1cc(C(=O)NC2CN(CC(C)C)C2)ccc1-c1cc2nccc(-c3ccc(OC4CCOCC4)c(C#N)c3)c2o1.COc1cc(C(=O)O)ccc1-c1cc2cccc(-c3ccc(OC4CCOCC4)c(C#N)c3)c2o1.Cl.Cl. The molecular weight excluding hydrogens is 1660 g/mol. The number of nitrogens with zero attached hydrogens (tertiary/aromatic N) is 6. The molecule has 0 aliphatic carbocycles. The van der Waals surface area contributed by atoms with E-state index in [0.717, 1.165) is 136 Å². The lowest BCUT2D eigenvalue weighted by atomic mass is 10.0. The number of furan rings is 2. The maximum atomic E-state index is 13.0. The number of rotatable bonds is 22. The van der Waals surface area contributed by atoms with Gasteiger partial charge in [0.2, 0.25) is 0 Å². The zero-order valence-electron chi connectivity index (χ0n) is 73.5. The van der Waals surface area contributed by atoms with E-state index in [9.17, 15) is 34.8 Å². The molecule has 9 heterocycles. The fourth-order valence-corrected chi connectivity index (χ4v) is 14.0. The Hall–Kier alpha value is -9.23. The van der Waals surface area contributed by atoms with Gasteiger partial charge in [0, 0.05) is 143 Å². The minimum Gasteiger partial charge on any atom is -0.496 e. The highest BCUT2D eigenvalue weighted by atomic mass is 79.9. The zero-order chi connectivity index (χ0) is 87.0. The number of methoxy groups -OCH3 is 2. The lowest BCUT2D eigenvalue weighted by molar-refractivity contribution is 0.0252. The molecule has 6 saturated heterocycles. The van der Waals surface area contributed by atoms with E-state index in [4.69, 9.17) is 52.5 Å². The number of fused-ring (bicyclic) bond motifs is 2. The molecule has 3 aromatic heterocycles. The number of pyridine rings is 1. The van der Waals surface area contributed by atoms with Crippen LogP contribution in [0.2, 0.25) is 0 Å². The minimum atomic E-state index is -1.03. The molecule has 0 bridgehead atoms. The van der Waals surface area contributed by atoms with Gasteiger partial charge in [0.1, 0.15) is 81.2 Å². The van der Waals surface area contributed by atoms with E-state index in [1.807, 2.05) is 120 Å². The summed E-state index contributed by atoms with van der Waals surface area (Å²) < 4.78 is 57.0. The summed E-state index contributed by atoms with van der Waals surface area (Å²) in [5, 5.41) is 42.7. The molecule has 0 unspecified atom stereocenters. The summed E-state index contributed by atoms with van der Waals surface area (Å²) in [4.78, 5) is 58.4. The number of carbonyl (C=O) groups is 4. The molecule has 5 aromatic carbocycles. The topological polar surface area (TPSA) is 333 Å². The van der Waals surface area contributed by atoms with Crippen LogP contribution in [0.3, 0.4) is 0 Å². The zero-order valence-corrected chi connectivity index (χ0v) is 76.7. The van der Waals surface area contributed by atoms with Crippen molar-refractivity contribution in [2.24, 2.45) is 29.4 Å². The van der Waals surface area contributed by atoms with Gasteiger partial charge in [-0.1, -0.05) is 102 Å². The number of alkyl halides is 1. The Bertz CT molecular complexity index is 4770. The molecule has 664 valence electrons. The normalized spacial score (nSPS) is 16.0. The van der Waals surface area contributed by atoms with E-state index in [0.29, 0.717) is 123 Å². The lowest BCUT2D eigenvalue weighted by Gasteiger charge is -2.40. The number of halogens is 3. The number of benzene rings is 5. The van der Waals surface area contributed by atoms with Crippen molar-refractivity contribution in [1.29, 1.82) is 10.5 Å². The number of nitriles is 2. The molecule has 0 atom stereocenters. The van der Waals surface area contributed by atoms with Crippen molar-refractivity contribution in [3.63, 3.8) is 0 Å². The molecule has 0 saturated carbocycles. The smallest absolute Gasteiger partial charge is 0.407 e. The average Bonchev–Trinajstić information content (AvgIpc) is 1.62. The number of nitrogens with two attached hydrogens (primary N) is 1. The molecule has 7 N–H and O–H groups in total. The van der Waals surface area contributed by atoms with Crippen LogP contribution in [0.1, 0.15) is 154 Å². The molecule has 8 aromatic rings. The Morgan fingerprint density at radius 2 is 0.984 bits per heavy atom. The van der Waals surface area contributed by atoms with E-state index in [2.05, 4.69) is 124 Å². The van der Waals surface area contributed by atoms with Crippen LogP contribution in [0.25, 0.3) is 67.0 Å². The van der Waals surface area contributed by atoms with Gasteiger partial charge in [-0.2, -0.15) is 10.5 Å². The van der Waals surface area contributed by atoms with Crippen LogP contribution in [0.15, 0.2) is 124 Å². The van der Waals surface area contributed by atoms with E-state index in [1.165, 1.54) is 25.8 Å². The maximum Gasteiger partial charge on any atom is 0.407 e. The van der Waals surface area contributed by atoms with Gasteiger partial charge < -0.3 is 78.8 Å². The fourth-order valence-electron chi connectivity index (χ4n) is 14.0. The molecule has 0 spiro atoms. The van der Waals surface area contributed by atoms with Crippen molar-refractivity contribution >= 4 is 86.9 Å². The number of carbonyl (C=O) groups excluding carboxylic acids is 3. The van der Waals surface area contributed by atoms with Crippen LogP contribution < -0.4 is 45.9 Å². The van der Waals surface area contributed by atoms with Gasteiger partial charge in [-0.3, -0.25) is 24.5 Å². The monoisotopic (exact) mass is 1790 g/mol. The Morgan fingerprint density at radius 3 is 1.41 bits per heavy atom. The number of carboxylic acid groups (broad SMARTS) is 1. The van der Waals surface area contributed by atoms with Crippen LogP contribution in [0, 0.1) is 46.3 Å². The number of aromatic carboxylic acids is 1. The van der Waals surface area contributed by atoms with Crippen molar-refractivity contribution in [2.45, 2.75) is 170 Å². The molecule has 6 aliphatic heterocycles. The third kappa shape index (κ3) is 30.6. The first-order chi connectivity index (χ1) is 57.2. The van der Waals surface area contributed by atoms with Crippen LogP contribution in [0.5, 0.6) is 23.0 Å². The van der Waals surface area contributed by atoms with E-state index < -0.39 is 17.2 Å². The molecule has 26 nitrogen and oxygen atoms in total. The summed E-state index contributed by atoms with van der Waals surface area (Å²) in [5.74, 6) is 4.94. The Balaban J connectivity index is 0.000000229. The third-order valence-corrected chi connectivity index (χ3v) is 21.1. The Morgan fingerprint density at radius 1 is 0.549 bits per heavy atom. The first-order valence-electron chi connectivity index (χ1n) is 41.8. The number of hydrogen-bond donors (Lipinski definition) is 6. The van der Waals surface area contributed by atoms with Gasteiger partial charge in [-0.15, -0.1) is 24.8 Å². The number of carboxylic acids is 1. The van der Waals surface area contributed by atoms with Gasteiger partial charge in [0.25, 0.3) is 5.91 Å². The highest BCUT2D eigenvalue weighted by Gasteiger charge is 2.33. The van der Waals surface area contributed by atoms with Crippen LogP contribution in [-0.2, 0) is 18.9 Å². The summed E-state index contributed by atoms with van der Waals surface area (Å²) in [6.45, 7) is 42.4. The van der Waals surface area contributed by atoms with Gasteiger partial charge >= 0.3 is 18.2 Å². The standard InChI is InChI=1S/C34H36N4O5.C28H23NO6.C12H24N2O2.C8H16N2O2.C7H16N2.C4H9Br.2ClH/c1-21(2)18-38-19-25(20-38)37-34(39)23-4-6-28(31(15-23)40-3)32-16-29-33(43-32)27(8-11-36-29)22-5-7-30(24(14-22)17-35)42-26-9-12-41-13-10-26;1-32-25-15-19(28(30)31)5-7-23(25)26-14-18-3-2-4-22(27(18)35-26)17-6-8-24(20(13-17)16-29)34-21-9-11-33-12-10-21;1-9(2)6-14-7-10(8-14)13-11(15)16-12(3,4)5;1-8(2,3)12-7(11)10-6-4-9-5-6;1-6(2)3-9-4-7(8)5-9;1-4(2)3-5;;/h4-8,11,14-16,21,25-26H,9-10,12-13,18-20H2,1-3H3,(H,37,39);2-8,13-15,21H,9-12H2,1H3,(H,30,31);9-10H,6-8H2,1-5H3,(H,13,15);6,9H,4-5H2,1-3H3,(H,10,11);6-7H,3-5,8H2,1-2H3;4H,3H2,1-2H3;2*1H. The van der Waals surface area contributed by atoms with Crippen LogP contribution in [0.4, 0.5) is 9.59 Å². The molecular formula is C93H126BrCl2N11O15. The highest BCUT2D eigenvalue weighted by Crippen LogP contribution is 2.42. The fraction of sp³-hybridized carbons (Fsp3) is 0.516. The largest absolute Gasteiger partial charge is 0.496 e. The second-order valence-corrected chi connectivity index (χ2v) is 35.5. The first kappa shape index (κ1) is 99.9. The van der Waals surface area contributed by atoms with E-state index in [-0.39, 0.29) is 78.8 Å². The van der Waals surface area contributed by atoms with Crippen LogP contribution in [-0.4, -0.2) is 214 Å². The number of amides is 3. The summed E-state index contributed by atoms with van der Waals surface area (Å²) in [6.07, 6.45) is 4.39. The first-order valence-corrected chi connectivity index (χ1v) is 42.9. The molecule has 122 heavy (non-hydrogen) atoms. The summed E-state index contributed by atoms with van der Waals surface area (Å²) in [6, 6.07) is 38.3. The van der Waals surface area contributed by atoms with Gasteiger partial charge in [-0.25, -0.2) is 14.4 Å². The van der Waals surface area contributed by atoms with Crippen molar-refractivity contribution in [1.82, 2.24) is 41.0 Å². The average molecular weight is 1790 g/mol. The molecule has 6 fully saturated rings. The van der Waals surface area contributed by atoms with Crippen molar-refractivity contribution in [2.75, 3.05) is 118 Å². The minimum absolute atomic E-state index is 0. The molecule has 6 aliphatic rings. The molecule has 14 rings (SSSR count). The number of alkyl carbamates (subject to hydrolysis) is 2. The second kappa shape index (κ2) is 47.6. The van der Waals surface area contributed by atoms with Gasteiger partial charge in [0.05, 0.1) is 86.6 Å². The molecule has 3 amide bonds. The summed E-state index contributed by atoms with van der Waals surface area (Å²) in [5.41, 5.74) is 13.0. The van der Waals surface area contributed by atoms with Crippen molar-refractivity contribution < 1.29 is 71.0 Å². The van der Waals surface area contributed by atoms with Gasteiger partial charge in [-0.05, 0) is 149 Å². The number of para-hydroxylation sites is 1. The summed E-state index contributed by atoms with van der Waals surface area (Å²) >= 11 is 3.31. The van der Waals surface area contributed by atoms with Crippen molar-refractivity contribution in [3.05, 3.63) is 138 Å².